The predicted octanol–water partition coefficient (Wildman–Crippen LogP) is 2.30. The van der Waals surface area contributed by atoms with Gasteiger partial charge in [0.25, 0.3) is 0 Å². The minimum absolute atomic E-state index is 0.588. The molecule has 0 saturated heterocycles. The van der Waals surface area contributed by atoms with Crippen LogP contribution in [0, 0.1) is 11.8 Å². The van der Waals surface area contributed by atoms with Crippen LogP contribution in [0.3, 0.4) is 0 Å². The molecule has 2 rings (SSSR count). The highest BCUT2D eigenvalue weighted by molar-refractivity contribution is 4.81. The molecule has 1 N–H and O–H groups in total. The standard InChI is InChI=1S/C13H23N3/c1-11(13-4-5-13)10-14-12(2)6-9-16-8-3-7-15-16/h3,7-8,11-14H,4-6,9-10H2,1-2H3. The van der Waals surface area contributed by atoms with Crippen LogP contribution in [0.15, 0.2) is 18.5 Å². The van der Waals surface area contributed by atoms with Gasteiger partial charge in [0.1, 0.15) is 0 Å². The van der Waals surface area contributed by atoms with Crippen molar-refractivity contribution in [3.05, 3.63) is 18.5 Å². The van der Waals surface area contributed by atoms with Gasteiger partial charge < -0.3 is 5.32 Å². The minimum atomic E-state index is 0.588. The van der Waals surface area contributed by atoms with Crippen molar-refractivity contribution >= 4 is 0 Å². The van der Waals surface area contributed by atoms with E-state index in [0.29, 0.717) is 6.04 Å². The van der Waals surface area contributed by atoms with E-state index in [0.717, 1.165) is 24.8 Å². The average Bonchev–Trinajstić information content (AvgIpc) is 3.01. The van der Waals surface area contributed by atoms with E-state index < -0.39 is 0 Å². The lowest BCUT2D eigenvalue weighted by Crippen LogP contribution is -2.31. The quantitative estimate of drug-likeness (QED) is 0.765. The largest absolute Gasteiger partial charge is 0.314 e. The second kappa shape index (κ2) is 5.48. The molecule has 2 unspecified atom stereocenters. The van der Waals surface area contributed by atoms with E-state index in [2.05, 4.69) is 24.3 Å². The summed E-state index contributed by atoms with van der Waals surface area (Å²) in [7, 11) is 0. The van der Waals surface area contributed by atoms with Crippen LogP contribution in [0.4, 0.5) is 0 Å². The van der Waals surface area contributed by atoms with E-state index in [-0.39, 0.29) is 0 Å². The second-order valence-electron chi connectivity index (χ2n) is 5.18. The maximum absolute atomic E-state index is 4.21. The zero-order chi connectivity index (χ0) is 11.4. The smallest absolute Gasteiger partial charge is 0.0489 e. The van der Waals surface area contributed by atoms with Gasteiger partial charge in [0.15, 0.2) is 0 Å². The van der Waals surface area contributed by atoms with Crippen LogP contribution in [0.1, 0.15) is 33.1 Å². The van der Waals surface area contributed by atoms with Crippen molar-refractivity contribution < 1.29 is 0 Å². The normalized spacial score (nSPS) is 19.6. The van der Waals surface area contributed by atoms with Crippen molar-refractivity contribution in [1.82, 2.24) is 15.1 Å². The molecule has 90 valence electrons. The molecule has 0 bridgehead atoms. The lowest BCUT2D eigenvalue weighted by Gasteiger charge is -2.17. The average molecular weight is 221 g/mol. The summed E-state index contributed by atoms with van der Waals surface area (Å²) in [6.45, 7) is 6.82. The van der Waals surface area contributed by atoms with Gasteiger partial charge >= 0.3 is 0 Å². The Morgan fingerprint density at radius 2 is 2.25 bits per heavy atom. The third-order valence-electron chi connectivity index (χ3n) is 3.57. The van der Waals surface area contributed by atoms with Gasteiger partial charge in [0.05, 0.1) is 0 Å². The van der Waals surface area contributed by atoms with Gasteiger partial charge in [-0.25, -0.2) is 0 Å². The molecule has 1 heterocycles. The highest BCUT2D eigenvalue weighted by atomic mass is 15.3. The summed E-state index contributed by atoms with van der Waals surface area (Å²) in [5, 5.41) is 7.84. The number of nitrogens with zero attached hydrogens (tertiary/aromatic N) is 2. The molecule has 2 atom stereocenters. The Hall–Kier alpha value is -0.830. The zero-order valence-electron chi connectivity index (χ0n) is 10.4. The molecular formula is C13H23N3. The van der Waals surface area contributed by atoms with Crippen LogP contribution < -0.4 is 5.32 Å². The number of rotatable bonds is 7. The van der Waals surface area contributed by atoms with Crippen molar-refractivity contribution in [3.63, 3.8) is 0 Å². The maximum atomic E-state index is 4.21. The Morgan fingerprint density at radius 3 is 2.88 bits per heavy atom. The lowest BCUT2D eigenvalue weighted by atomic mass is 10.1. The van der Waals surface area contributed by atoms with E-state index in [9.17, 15) is 0 Å². The van der Waals surface area contributed by atoms with Gasteiger partial charge in [-0.05, 0) is 50.6 Å². The summed E-state index contributed by atoms with van der Waals surface area (Å²) < 4.78 is 2.00. The summed E-state index contributed by atoms with van der Waals surface area (Å²) >= 11 is 0. The maximum Gasteiger partial charge on any atom is 0.0489 e. The lowest BCUT2D eigenvalue weighted by molar-refractivity contribution is 0.398. The number of hydrogen-bond acceptors (Lipinski definition) is 2. The monoisotopic (exact) mass is 221 g/mol. The van der Waals surface area contributed by atoms with Crippen molar-refractivity contribution in [1.29, 1.82) is 0 Å². The van der Waals surface area contributed by atoms with Gasteiger partial charge in [0.2, 0.25) is 0 Å². The molecule has 0 amide bonds. The fourth-order valence-corrected chi connectivity index (χ4v) is 2.08. The van der Waals surface area contributed by atoms with Crippen molar-refractivity contribution in [2.75, 3.05) is 6.54 Å². The third kappa shape index (κ3) is 3.63. The molecule has 16 heavy (non-hydrogen) atoms. The van der Waals surface area contributed by atoms with Crippen LogP contribution in [0.25, 0.3) is 0 Å². The first-order valence-corrected chi connectivity index (χ1v) is 6.46. The Labute approximate surface area is 98.2 Å². The minimum Gasteiger partial charge on any atom is -0.314 e. The van der Waals surface area contributed by atoms with Crippen LogP contribution in [-0.4, -0.2) is 22.4 Å². The molecule has 1 fully saturated rings. The number of nitrogens with one attached hydrogen (secondary N) is 1. The van der Waals surface area contributed by atoms with Crippen LogP contribution in [0.5, 0.6) is 0 Å². The Kier molecular flexibility index (Phi) is 3.99. The molecule has 1 aromatic rings. The van der Waals surface area contributed by atoms with Gasteiger partial charge in [-0.2, -0.15) is 5.10 Å². The third-order valence-corrected chi connectivity index (χ3v) is 3.57. The first-order valence-electron chi connectivity index (χ1n) is 6.46. The molecule has 1 saturated carbocycles. The molecule has 0 spiro atoms. The molecule has 0 aromatic carbocycles. The van der Waals surface area contributed by atoms with E-state index in [1.54, 1.807) is 0 Å². The van der Waals surface area contributed by atoms with Crippen molar-refractivity contribution in [2.24, 2.45) is 11.8 Å². The number of hydrogen-bond donors (Lipinski definition) is 1. The topological polar surface area (TPSA) is 29.9 Å². The Bertz CT molecular complexity index is 290. The zero-order valence-corrected chi connectivity index (χ0v) is 10.4. The molecule has 1 aromatic heterocycles. The summed E-state index contributed by atoms with van der Waals surface area (Å²) in [6, 6.07) is 2.57. The Morgan fingerprint density at radius 1 is 1.44 bits per heavy atom. The van der Waals surface area contributed by atoms with Crippen LogP contribution >= 0.6 is 0 Å². The van der Waals surface area contributed by atoms with Crippen LogP contribution in [-0.2, 0) is 6.54 Å². The molecule has 1 aliphatic rings. The summed E-state index contributed by atoms with van der Waals surface area (Å²) in [4.78, 5) is 0. The molecule has 0 aliphatic heterocycles. The van der Waals surface area contributed by atoms with E-state index in [1.165, 1.54) is 19.4 Å². The summed E-state index contributed by atoms with van der Waals surface area (Å²) in [5.41, 5.74) is 0. The summed E-state index contributed by atoms with van der Waals surface area (Å²) in [5.74, 6) is 1.86. The molecule has 1 aliphatic carbocycles. The fourth-order valence-electron chi connectivity index (χ4n) is 2.08. The first kappa shape index (κ1) is 11.6. The number of aryl methyl sites for hydroxylation is 1. The van der Waals surface area contributed by atoms with E-state index in [1.807, 2.05) is 23.1 Å². The van der Waals surface area contributed by atoms with Gasteiger partial charge in [-0.1, -0.05) is 6.92 Å². The Balaban J connectivity index is 1.58. The highest BCUT2D eigenvalue weighted by Crippen LogP contribution is 2.36. The number of aromatic nitrogens is 2. The first-order chi connectivity index (χ1) is 7.75. The fraction of sp³-hybridized carbons (Fsp3) is 0.769. The van der Waals surface area contributed by atoms with Gasteiger partial charge in [-0.3, -0.25) is 4.68 Å². The van der Waals surface area contributed by atoms with Crippen molar-refractivity contribution in [3.8, 4) is 0 Å². The van der Waals surface area contributed by atoms with E-state index >= 15 is 0 Å². The van der Waals surface area contributed by atoms with Crippen molar-refractivity contribution in [2.45, 2.75) is 45.7 Å². The van der Waals surface area contributed by atoms with Gasteiger partial charge in [-0.15, -0.1) is 0 Å². The summed E-state index contributed by atoms with van der Waals surface area (Å²) in [6.07, 6.45) is 7.92. The molecule has 3 heteroatoms. The second-order valence-corrected chi connectivity index (χ2v) is 5.18. The SMILES string of the molecule is CC(CCn1cccn1)NCC(C)C1CC1. The highest BCUT2D eigenvalue weighted by Gasteiger charge is 2.27. The van der Waals surface area contributed by atoms with E-state index in [4.69, 9.17) is 0 Å². The van der Waals surface area contributed by atoms with Crippen LogP contribution in [0.2, 0.25) is 0 Å². The molecule has 3 nitrogen and oxygen atoms in total. The predicted molar refractivity (Wildman–Crippen MR) is 66.2 cm³/mol. The molecule has 0 radical (unpaired) electrons. The molecular weight excluding hydrogens is 198 g/mol. The van der Waals surface area contributed by atoms with Gasteiger partial charge in [0, 0.05) is 25.0 Å².